The Kier molecular flexibility index (Phi) is 4.33. The molecule has 2 rings (SSSR count). The quantitative estimate of drug-likeness (QED) is 0.738. The molecular weight excluding hydrogens is 254 g/mol. The van der Waals surface area contributed by atoms with E-state index in [-0.39, 0.29) is 17.7 Å². The largest absolute Gasteiger partial charge is 0.444 e. The minimum Gasteiger partial charge on any atom is -0.444 e. The van der Waals surface area contributed by atoms with Crippen LogP contribution in [0.5, 0.6) is 0 Å². The summed E-state index contributed by atoms with van der Waals surface area (Å²) in [6.45, 7) is 8.62. The fraction of sp³-hybridized carbons (Fsp3) is 0.938. The molecular formula is C16H29NO3. The molecule has 2 fully saturated rings. The summed E-state index contributed by atoms with van der Waals surface area (Å²) in [7, 11) is 1.83. The van der Waals surface area contributed by atoms with Crippen LogP contribution in [-0.2, 0) is 9.47 Å². The van der Waals surface area contributed by atoms with E-state index in [1.807, 2.05) is 27.8 Å². The van der Waals surface area contributed by atoms with Crippen molar-refractivity contribution in [3.05, 3.63) is 0 Å². The van der Waals surface area contributed by atoms with Crippen molar-refractivity contribution in [3.8, 4) is 0 Å². The summed E-state index contributed by atoms with van der Waals surface area (Å²) in [4.78, 5) is 13.9. The summed E-state index contributed by atoms with van der Waals surface area (Å²) in [5.74, 6) is 0.591. The third-order valence-electron chi connectivity index (χ3n) is 4.76. The summed E-state index contributed by atoms with van der Waals surface area (Å²) >= 11 is 0. The molecule has 0 bridgehead atoms. The monoisotopic (exact) mass is 283 g/mol. The zero-order valence-corrected chi connectivity index (χ0v) is 13.6. The Labute approximate surface area is 122 Å². The van der Waals surface area contributed by atoms with Crippen LogP contribution < -0.4 is 0 Å². The average molecular weight is 283 g/mol. The van der Waals surface area contributed by atoms with Crippen LogP contribution in [-0.4, -0.2) is 41.9 Å². The summed E-state index contributed by atoms with van der Waals surface area (Å²) in [5, 5.41) is 0. The van der Waals surface area contributed by atoms with Crippen LogP contribution in [0.1, 0.15) is 59.8 Å². The first-order chi connectivity index (χ1) is 9.23. The minimum atomic E-state index is -0.444. The lowest BCUT2D eigenvalue weighted by molar-refractivity contribution is -0.0628. The Morgan fingerprint density at radius 2 is 2.05 bits per heavy atom. The first-order valence-electron chi connectivity index (χ1n) is 7.83. The van der Waals surface area contributed by atoms with Gasteiger partial charge in [0, 0.05) is 7.05 Å². The van der Waals surface area contributed by atoms with Crippen molar-refractivity contribution < 1.29 is 14.3 Å². The maximum absolute atomic E-state index is 12.1. The molecule has 3 unspecified atom stereocenters. The van der Waals surface area contributed by atoms with Gasteiger partial charge in [-0.25, -0.2) is 4.79 Å². The summed E-state index contributed by atoms with van der Waals surface area (Å²) in [6, 6.07) is 0.144. The third-order valence-corrected chi connectivity index (χ3v) is 4.76. The van der Waals surface area contributed by atoms with Crippen LogP contribution in [0.4, 0.5) is 4.79 Å². The van der Waals surface area contributed by atoms with Crippen molar-refractivity contribution in [1.82, 2.24) is 4.90 Å². The normalized spacial score (nSPS) is 34.2. The van der Waals surface area contributed by atoms with E-state index >= 15 is 0 Å². The number of likely N-dealkylation sites (N-methyl/N-ethyl adjacent to an activating group) is 1. The van der Waals surface area contributed by atoms with E-state index in [0.717, 1.165) is 12.8 Å². The van der Waals surface area contributed by atoms with Gasteiger partial charge < -0.3 is 14.4 Å². The van der Waals surface area contributed by atoms with Crippen molar-refractivity contribution in [3.63, 3.8) is 0 Å². The number of rotatable bonds is 1. The second-order valence-electron chi connectivity index (χ2n) is 7.47. The van der Waals surface area contributed by atoms with Gasteiger partial charge in [0.15, 0.2) is 0 Å². The number of ether oxygens (including phenoxy) is 2. The van der Waals surface area contributed by atoms with E-state index in [1.54, 1.807) is 4.90 Å². The number of hydrogen-bond donors (Lipinski definition) is 0. The molecule has 3 atom stereocenters. The van der Waals surface area contributed by atoms with E-state index in [0.29, 0.717) is 12.5 Å². The zero-order valence-electron chi connectivity index (χ0n) is 13.6. The summed E-state index contributed by atoms with van der Waals surface area (Å²) < 4.78 is 11.6. The van der Waals surface area contributed by atoms with Crippen molar-refractivity contribution >= 4 is 6.09 Å². The van der Waals surface area contributed by atoms with E-state index in [2.05, 4.69) is 6.92 Å². The molecule has 116 valence electrons. The molecule has 4 nitrogen and oxygen atoms in total. The molecule has 0 radical (unpaired) electrons. The van der Waals surface area contributed by atoms with Crippen LogP contribution in [0.25, 0.3) is 0 Å². The number of hydrogen-bond acceptors (Lipinski definition) is 3. The molecule has 20 heavy (non-hydrogen) atoms. The van der Waals surface area contributed by atoms with Crippen LogP contribution >= 0.6 is 0 Å². The zero-order chi connectivity index (χ0) is 15.0. The minimum absolute atomic E-state index is 0.000804. The van der Waals surface area contributed by atoms with E-state index in [1.165, 1.54) is 19.3 Å². The van der Waals surface area contributed by atoms with Gasteiger partial charge >= 0.3 is 6.09 Å². The van der Waals surface area contributed by atoms with Crippen LogP contribution in [0.15, 0.2) is 0 Å². The summed E-state index contributed by atoms with van der Waals surface area (Å²) in [5.41, 5.74) is -0.445. The molecule has 0 N–H and O–H groups in total. The van der Waals surface area contributed by atoms with Gasteiger partial charge in [0.1, 0.15) is 5.60 Å². The Balaban J connectivity index is 1.96. The predicted molar refractivity (Wildman–Crippen MR) is 78.7 cm³/mol. The topological polar surface area (TPSA) is 38.8 Å². The van der Waals surface area contributed by atoms with Crippen LogP contribution in [0.2, 0.25) is 0 Å². The molecule has 1 saturated carbocycles. The highest BCUT2D eigenvalue weighted by Gasteiger charge is 2.47. The van der Waals surface area contributed by atoms with Gasteiger partial charge in [-0.05, 0) is 46.0 Å². The Hall–Kier alpha value is -0.770. The maximum Gasteiger partial charge on any atom is 0.410 e. The number of nitrogens with zero attached hydrogens (tertiary/aromatic N) is 1. The van der Waals surface area contributed by atoms with Gasteiger partial charge in [-0.3, -0.25) is 0 Å². The van der Waals surface area contributed by atoms with Crippen LogP contribution in [0.3, 0.4) is 0 Å². The van der Waals surface area contributed by atoms with E-state index < -0.39 is 5.60 Å². The first-order valence-corrected chi connectivity index (χ1v) is 7.83. The maximum atomic E-state index is 12.1. The molecule has 1 aliphatic heterocycles. The lowest BCUT2D eigenvalue weighted by atomic mass is 9.74. The van der Waals surface area contributed by atoms with Gasteiger partial charge in [0.25, 0.3) is 0 Å². The molecule has 2 aliphatic rings. The summed E-state index contributed by atoms with van der Waals surface area (Å²) in [6.07, 6.45) is 5.62. The van der Waals surface area contributed by atoms with Gasteiger partial charge in [0.2, 0.25) is 0 Å². The number of amides is 1. The molecule has 0 aromatic rings. The Bertz CT molecular complexity index is 363. The van der Waals surface area contributed by atoms with Gasteiger partial charge in [-0.15, -0.1) is 0 Å². The smallest absolute Gasteiger partial charge is 0.410 e. The molecule has 0 aromatic heterocycles. The van der Waals surface area contributed by atoms with Gasteiger partial charge in [-0.2, -0.15) is 0 Å². The van der Waals surface area contributed by atoms with Crippen molar-refractivity contribution in [1.29, 1.82) is 0 Å². The highest BCUT2D eigenvalue weighted by molar-refractivity contribution is 5.68. The second kappa shape index (κ2) is 5.55. The number of carbonyl (C=O) groups is 1. The van der Waals surface area contributed by atoms with Gasteiger partial charge in [-0.1, -0.05) is 19.8 Å². The van der Waals surface area contributed by atoms with Crippen molar-refractivity contribution in [2.75, 3.05) is 13.7 Å². The molecule has 0 aromatic carbocycles. The first kappa shape index (κ1) is 15.6. The van der Waals surface area contributed by atoms with Crippen molar-refractivity contribution in [2.24, 2.45) is 5.92 Å². The Morgan fingerprint density at radius 1 is 1.35 bits per heavy atom. The average Bonchev–Trinajstić information content (AvgIpc) is 2.75. The van der Waals surface area contributed by atoms with E-state index in [4.69, 9.17) is 9.47 Å². The number of carbonyl (C=O) groups excluding carboxylic acids is 1. The lowest BCUT2D eigenvalue weighted by Gasteiger charge is -2.39. The molecule has 1 spiro atoms. The van der Waals surface area contributed by atoms with Crippen molar-refractivity contribution in [2.45, 2.75) is 77.0 Å². The predicted octanol–water partition coefficient (Wildman–Crippen LogP) is 3.59. The van der Waals surface area contributed by atoms with Crippen LogP contribution in [0, 0.1) is 5.92 Å². The third kappa shape index (κ3) is 3.27. The highest BCUT2D eigenvalue weighted by Crippen LogP contribution is 2.44. The Morgan fingerprint density at radius 3 is 2.65 bits per heavy atom. The molecule has 1 saturated heterocycles. The molecule has 1 heterocycles. The molecule has 4 heteroatoms. The highest BCUT2D eigenvalue weighted by atomic mass is 16.6. The van der Waals surface area contributed by atoms with Gasteiger partial charge in [0.05, 0.1) is 18.2 Å². The molecule has 1 aliphatic carbocycles. The molecule has 1 amide bonds. The fourth-order valence-corrected chi connectivity index (χ4v) is 3.41. The SMILES string of the molecule is CC1CCCCC12CC(N(C)C(=O)OC(C)(C)C)CO2. The lowest BCUT2D eigenvalue weighted by Crippen LogP contribution is -2.43. The standard InChI is InChI=1S/C16H29NO3/c1-12-8-6-7-9-16(12)10-13(11-19-16)17(5)14(18)20-15(2,3)4/h12-13H,6-11H2,1-5H3. The second-order valence-corrected chi connectivity index (χ2v) is 7.47. The van der Waals surface area contributed by atoms with E-state index in [9.17, 15) is 4.79 Å². The fourth-order valence-electron chi connectivity index (χ4n) is 3.41.